The molecule has 0 radical (unpaired) electrons. The summed E-state index contributed by atoms with van der Waals surface area (Å²) in [6.07, 6.45) is 0.648. The Bertz CT molecular complexity index is 1360. The number of carbonyl (C=O) groups excluding carboxylic acids is 2. The highest BCUT2D eigenvalue weighted by atomic mass is 32.2. The molecule has 10 heteroatoms. The van der Waals surface area contributed by atoms with Gasteiger partial charge in [-0.05, 0) is 41.8 Å². The van der Waals surface area contributed by atoms with Crippen molar-refractivity contribution in [2.24, 2.45) is 0 Å². The van der Waals surface area contributed by atoms with Gasteiger partial charge < -0.3 is 19.7 Å². The maximum atomic E-state index is 13.6. The molecular weight excluding hydrogens is 506 g/mol. The zero-order valence-electron chi connectivity index (χ0n) is 21.3. The zero-order valence-corrected chi connectivity index (χ0v) is 22.1. The summed E-state index contributed by atoms with van der Waals surface area (Å²) in [6.45, 7) is 0.428. The second-order valence-corrected chi connectivity index (χ2v) is 10.8. The van der Waals surface area contributed by atoms with E-state index in [1.54, 1.807) is 48.5 Å². The summed E-state index contributed by atoms with van der Waals surface area (Å²) >= 11 is 0. The number of hydrogen-bond donors (Lipinski definition) is 2. The Morgan fingerprint density at radius 1 is 1.03 bits per heavy atom. The van der Waals surface area contributed by atoms with E-state index >= 15 is 0 Å². The van der Waals surface area contributed by atoms with Crippen LogP contribution in [0, 0.1) is 0 Å². The van der Waals surface area contributed by atoms with Crippen LogP contribution >= 0.6 is 0 Å². The number of fused-ring (bicyclic) bond motifs is 1. The fourth-order valence-corrected chi connectivity index (χ4v) is 5.04. The summed E-state index contributed by atoms with van der Waals surface area (Å²) in [7, 11) is -2.09. The number of amides is 2. The molecule has 2 N–H and O–H groups in total. The van der Waals surface area contributed by atoms with Crippen LogP contribution in [0.2, 0.25) is 0 Å². The monoisotopic (exact) mass is 537 g/mol. The van der Waals surface area contributed by atoms with E-state index in [1.165, 1.54) is 12.0 Å². The van der Waals surface area contributed by atoms with E-state index in [0.717, 1.165) is 11.8 Å². The fourth-order valence-electron chi connectivity index (χ4n) is 4.30. The first kappa shape index (κ1) is 27.2. The van der Waals surface area contributed by atoms with Gasteiger partial charge in [-0.2, -0.15) is 0 Å². The molecule has 2 atom stereocenters. The molecule has 2 amide bonds. The van der Waals surface area contributed by atoms with Crippen molar-refractivity contribution in [1.82, 2.24) is 10.0 Å². The summed E-state index contributed by atoms with van der Waals surface area (Å²) in [5, 5.41) is 2.89. The van der Waals surface area contributed by atoms with E-state index in [9.17, 15) is 18.0 Å². The fraction of sp³-hybridized carbons (Fsp3) is 0.286. The Labute approximate surface area is 222 Å². The average molecular weight is 538 g/mol. The minimum Gasteiger partial charge on any atom is -0.497 e. The molecule has 1 heterocycles. The molecule has 9 nitrogen and oxygen atoms in total. The van der Waals surface area contributed by atoms with Gasteiger partial charge in [0.05, 0.1) is 31.6 Å². The van der Waals surface area contributed by atoms with Gasteiger partial charge in [0.2, 0.25) is 15.9 Å². The number of hydrogen-bond acceptors (Lipinski definition) is 6. The number of ether oxygens (including phenoxy) is 2. The lowest BCUT2D eigenvalue weighted by atomic mass is 10.0. The molecule has 0 aliphatic carbocycles. The normalized spacial score (nSPS) is 15.6. The van der Waals surface area contributed by atoms with Crippen molar-refractivity contribution in [3.8, 4) is 11.5 Å². The zero-order chi connectivity index (χ0) is 27.1. The molecule has 2 unspecified atom stereocenters. The van der Waals surface area contributed by atoms with Crippen LogP contribution in [-0.2, 0) is 26.0 Å². The van der Waals surface area contributed by atoms with Crippen molar-refractivity contribution >= 4 is 27.5 Å². The summed E-state index contributed by atoms with van der Waals surface area (Å²) in [5.74, 6) is 0.350. The summed E-state index contributed by atoms with van der Waals surface area (Å²) in [4.78, 5) is 28.1. The third kappa shape index (κ3) is 7.11. The van der Waals surface area contributed by atoms with Crippen LogP contribution < -0.4 is 24.4 Å². The van der Waals surface area contributed by atoms with Gasteiger partial charge in [-0.1, -0.05) is 54.6 Å². The molecule has 38 heavy (non-hydrogen) atoms. The number of rotatable bonds is 10. The van der Waals surface area contributed by atoms with Crippen molar-refractivity contribution in [3.63, 3.8) is 0 Å². The molecule has 0 saturated carbocycles. The van der Waals surface area contributed by atoms with E-state index in [1.807, 2.05) is 30.3 Å². The van der Waals surface area contributed by atoms with Crippen LogP contribution in [0.4, 0.5) is 5.69 Å². The summed E-state index contributed by atoms with van der Waals surface area (Å²) < 4.78 is 37.9. The van der Waals surface area contributed by atoms with E-state index in [4.69, 9.17) is 9.47 Å². The number of anilines is 1. The predicted molar refractivity (Wildman–Crippen MR) is 145 cm³/mol. The SMILES string of the molecule is COc1ccc(C(CC(=O)N2CC(C(=O)NCCc3ccccc3)Oc3ccccc32)NS(C)(=O)=O)cc1. The molecule has 3 aromatic carbocycles. The standard InChI is InChI=1S/C28H31N3O6S/c1-36-22-14-12-21(13-15-22)23(30-38(2,34)35)18-27(32)31-19-26(37-25-11-7-6-10-24(25)31)28(33)29-17-16-20-8-4-3-5-9-20/h3-15,23,26,30H,16-19H2,1-2H3,(H,29,33). The summed E-state index contributed by atoms with van der Waals surface area (Å²) in [5.41, 5.74) is 2.24. The molecule has 0 bridgehead atoms. The topological polar surface area (TPSA) is 114 Å². The van der Waals surface area contributed by atoms with Gasteiger partial charge in [-0.15, -0.1) is 0 Å². The van der Waals surface area contributed by atoms with Crippen LogP contribution in [-0.4, -0.2) is 52.8 Å². The molecule has 0 spiro atoms. The number of methoxy groups -OCH3 is 1. The van der Waals surface area contributed by atoms with E-state index in [0.29, 0.717) is 35.7 Å². The molecule has 3 aromatic rings. The maximum Gasteiger partial charge on any atom is 0.262 e. The van der Waals surface area contributed by atoms with Crippen LogP contribution in [0.25, 0.3) is 0 Å². The first-order chi connectivity index (χ1) is 18.2. The second-order valence-electron chi connectivity index (χ2n) is 9.03. The lowest BCUT2D eigenvalue weighted by Crippen LogP contribution is -2.51. The third-order valence-corrected chi connectivity index (χ3v) is 6.89. The highest BCUT2D eigenvalue weighted by Gasteiger charge is 2.35. The lowest BCUT2D eigenvalue weighted by Gasteiger charge is -2.35. The highest BCUT2D eigenvalue weighted by molar-refractivity contribution is 7.88. The van der Waals surface area contributed by atoms with Crippen molar-refractivity contribution in [1.29, 1.82) is 0 Å². The van der Waals surface area contributed by atoms with Gasteiger partial charge in [0, 0.05) is 13.0 Å². The molecular formula is C28H31N3O6S. The molecule has 4 rings (SSSR count). The number of benzene rings is 3. The van der Waals surface area contributed by atoms with Crippen molar-refractivity contribution in [3.05, 3.63) is 90.0 Å². The molecule has 1 aliphatic heterocycles. The number of nitrogens with one attached hydrogen (secondary N) is 2. The Morgan fingerprint density at radius 3 is 2.39 bits per heavy atom. The minimum atomic E-state index is -3.62. The van der Waals surface area contributed by atoms with Gasteiger partial charge in [0.15, 0.2) is 6.10 Å². The second kappa shape index (κ2) is 12.1. The Hall–Kier alpha value is -3.89. The van der Waals surface area contributed by atoms with Gasteiger partial charge in [-0.3, -0.25) is 9.59 Å². The van der Waals surface area contributed by atoms with Crippen molar-refractivity contribution < 1.29 is 27.5 Å². The number of carbonyl (C=O) groups is 2. The Morgan fingerprint density at radius 2 is 1.71 bits per heavy atom. The first-order valence-electron chi connectivity index (χ1n) is 12.2. The smallest absolute Gasteiger partial charge is 0.262 e. The number of sulfonamides is 1. The van der Waals surface area contributed by atoms with E-state index < -0.39 is 22.2 Å². The minimum absolute atomic E-state index is 0.00121. The van der Waals surface area contributed by atoms with Crippen LogP contribution in [0.5, 0.6) is 11.5 Å². The van der Waals surface area contributed by atoms with Gasteiger partial charge >= 0.3 is 0 Å². The largest absolute Gasteiger partial charge is 0.497 e. The number of para-hydroxylation sites is 2. The summed E-state index contributed by atoms with van der Waals surface area (Å²) in [6, 6.07) is 22.8. The third-order valence-electron chi connectivity index (χ3n) is 6.18. The van der Waals surface area contributed by atoms with Gasteiger partial charge in [-0.25, -0.2) is 13.1 Å². The quantitative estimate of drug-likeness (QED) is 0.411. The molecule has 0 fully saturated rings. The van der Waals surface area contributed by atoms with Crippen LogP contribution in [0.15, 0.2) is 78.9 Å². The highest BCUT2D eigenvalue weighted by Crippen LogP contribution is 2.34. The van der Waals surface area contributed by atoms with Crippen molar-refractivity contribution in [2.75, 3.05) is 31.4 Å². The van der Waals surface area contributed by atoms with Crippen LogP contribution in [0.3, 0.4) is 0 Å². The Kier molecular flexibility index (Phi) is 8.65. The van der Waals surface area contributed by atoms with E-state index in [2.05, 4.69) is 10.0 Å². The maximum absolute atomic E-state index is 13.6. The van der Waals surface area contributed by atoms with Crippen LogP contribution in [0.1, 0.15) is 23.6 Å². The first-order valence-corrected chi connectivity index (χ1v) is 14.1. The molecule has 200 valence electrons. The number of nitrogens with zero attached hydrogens (tertiary/aromatic N) is 1. The Balaban J connectivity index is 1.50. The van der Waals surface area contributed by atoms with Gasteiger partial charge in [0.25, 0.3) is 5.91 Å². The van der Waals surface area contributed by atoms with E-state index in [-0.39, 0.29) is 24.8 Å². The van der Waals surface area contributed by atoms with Crippen molar-refractivity contribution in [2.45, 2.75) is 25.0 Å². The molecule has 0 aromatic heterocycles. The van der Waals surface area contributed by atoms with Gasteiger partial charge in [0.1, 0.15) is 11.5 Å². The molecule has 1 aliphatic rings. The predicted octanol–water partition coefficient (Wildman–Crippen LogP) is 2.83. The lowest BCUT2D eigenvalue weighted by molar-refractivity contribution is -0.128. The average Bonchev–Trinajstić information content (AvgIpc) is 2.92. The molecule has 0 saturated heterocycles.